The van der Waals surface area contributed by atoms with Gasteiger partial charge in [-0.05, 0) is 25.5 Å². The molecule has 1 aromatic carbocycles. The Kier molecular flexibility index (Phi) is 7.02. The van der Waals surface area contributed by atoms with Crippen molar-refractivity contribution in [2.45, 2.75) is 20.3 Å². The maximum Gasteiger partial charge on any atom is 0.318 e. The first-order valence-corrected chi connectivity index (χ1v) is 7.17. The third kappa shape index (κ3) is 4.55. The highest BCUT2D eigenvalue weighted by atomic mass is 16.5. The van der Waals surface area contributed by atoms with Crippen LogP contribution in [-0.4, -0.2) is 36.3 Å². The molecule has 0 spiro atoms. The van der Waals surface area contributed by atoms with Crippen molar-refractivity contribution in [2.75, 3.05) is 13.7 Å². The maximum atomic E-state index is 12.3. The number of rotatable bonds is 6. The lowest BCUT2D eigenvalue weighted by molar-refractivity contribution is -0.153. The summed E-state index contributed by atoms with van der Waals surface area (Å²) in [5.41, 5.74) is 0.399. The molecule has 0 aliphatic rings. The largest absolute Gasteiger partial charge is 0.461 e. The number of amides is 2. The molecule has 0 aliphatic heterocycles. The molecular formula is C17H21NO4. The van der Waals surface area contributed by atoms with Gasteiger partial charge in [0.1, 0.15) is 12.5 Å². The summed E-state index contributed by atoms with van der Waals surface area (Å²) in [4.78, 5) is 37.5. The molecule has 0 bridgehead atoms. The van der Waals surface area contributed by atoms with Crippen LogP contribution in [0.5, 0.6) is 0 Å². The summed E-state index contributed by atoms with van der Waals surface area (Å²) < 4.78 is 5.01. The van der Waals surface area contributed by atoms with E-state index in [1.807, 2.05) is 6.92 Å². The maximum absolute atomic E-state index is 12.3. The highest BCUT2D eigenvalue weighted by molar-refractivity contribution is 6.09. The van der Waals surface area contributed by atoms with E-state index in [0.29, 0.717) is 5.56 Å². The van der Waals surface area contributed by atoms with Gasteiger partial charge in [0.15, 0.2) is 0 Å². The van der Waals surface area contributed by atoms with Gasteiger partial charge in [-0.1, -0.05) is 37.3 Å². The van der Waals surface area contributed by atoms with Crippen LogP contribution < -0.4 is 0 Å². The summed E-state index contributed by atoms with van der Waals surface area (Å²) in [6.45, 7) is 3.64. The van der Waals surface area contributed by atoms with Crippen LogP contribution in [0.15, 0.2) is 42.5 Å². The smallest absolute Gasteiger partial charge is 0.318 e. The van der Waals surface area contributed by atoms with Crippen molar-refractivity contribution in [2.24, 2.45) is 5.92 Å². The second kappa shape index (κ2) is 8.77. The molecule has 0 heterocycles. The lowest BCUT2D eigenvalue weighted by atomic mass is 10.0. The number of hydrogen-bond donors (Lipinski definition) is 0. The molecule has 0 radical (unpaired) electrons. The van der Waals surface area contributed by atoms with Crippen molar-refractivity contribution >= 4 is 17.8 Å². The molecule has 0 saturated heterocycles. The van der Waals surface area contributed by atoms with Gasteiger partial charge in [-0.3, -0.25) is 19.3 Å². The zero-order valence-corrected chi connectivity index (χ0v) is 13.1. The summed E-state index contributed by atoms with van der Waals surface area (Å²) >= 11 is 0. The fourth-order valence-electron chi connectivity index (χ4n) is 1.88. The first-order valence-electron chi connectivity index (χ1n) is 7.17. The van der Waals surface area contributed by atoms with E-state index in [9.17, 15) is 14.4 Å². The lowest BCUT2D eigenvalue weighted by Crippen LogP contribution is -2.41. The fourth-order valence-corrected chi connectivity index (χ4v) is 1.88. The van der Waals surface area contributed by atoms with Gasteiger partial charge in [0.05, 0.1) is 0 Å². The van der Waals surface area contributed by atoms with Crippen LogP contribution in [0.2, 0.25) is 0 Å². The van der Waals surface area contributed by atoms with E-state index < -0.39 is 23.7 Å². The number of ether oxygens (including phenoxy) is 1. The van der Waals surface area contributed by atoms with Gasteiger partial charge >= 0.3 is 5.97 Å². The number of benzene rings is 1. The molecule has 5 heteroatoms. The Balaban J connectivity index is 2.78. The van der Waals surface area contributed by atoms with Gasteiger partial charge in [-0.25, -0.2) is 0 Å². The van der Waals surface area contributed by atoms with E-state index in [1.54, 1.807) is 49.4 Å². The molecule has 118 valence electrons. The molecule has 0 fully saturated rings. The molecular weight excluding hydrogens is 282 g/mol. The predicted molar refractivity (Wildman–Crippen MR) is 83.1 cm³/mol. The molecule has 0 aromatic heterocycles. The second-order valence-electron chi connectivity index (χ2n) is 4.73. The van der Waals surface area contributed by atoms with E-state index in [0.717, 1.165) is 4.90 Å². The molecule has 1 aromatic rings. The number of imide groups is 1. The average Bonchev–Trinajstić information content (AvgIpc) is 2.55. The topological polar surface area (TPSA) is 63.7 Å². The lowest BCUT2D eigenvalue weighted by Gasteiger charge is -2.20. The monoisotopic (exact) mass is 303 g/mol. The SMILES string of the molecule is C/C=C/COC(=O)C(CC)C(=O)N(C)C(=O)c1ccccc1. The van der Waals surface area contributed by atoms with Crippen molar-refractivity contribution in [3.63, 3.8) is 0 Å². The molecule has 22 heavy (non-hydrogen) atoms. The van der Waals surface area contributed by atoms with Crippen molar-refractivity contribution in [3.05, 3.63) is 48.0 Å². The van der Waals surface area contributed by atoms with Gasteiger partial charge < -0.3 is 4.74 Å². The van der Waals surface area contributed by atoms with Crippen molar-refractivity contribution in [3.8, 4) is 0 Å². The van der Waals surface area contributed by atoms with Crippen LogP contribution in [0.1, 0.15) is 30.6 Å². The van der Waals surface area contributed by atoms with Gasteiger partial charge in [-0.2, -0.15) is 0 Å². The fraction of sp³-hybridized carbons (Fsp3) is 0.353. The molecule has 1 unspecified atom stereocenters. The summed E-state index contributed by atoms with van der Waals surface area (Å²) in [7, 11) is 1.37. The zero-order chi connectivity index (χ0) is 16.5. The molecule has 1 atom stereocenters. The van der Waals surface area contributed by atoms with E-state index in [1.165, 1.54) is 7.05 Å². The standard InChI is InChI=1S/C17H21NO4/c1-4-6-12-22-17(21)14(5-2)16(20)18(3)15(19)13-10-8-7-9-11-13/h4,6-11,14H,5,12H2,1-3H3/b6-4+. The van der Waals surface area contributed by atoms with Crippen LogP contribution in [-0.2, 0) is 14.3 Å². The summed E-state index contributed by atoms with van der Waals surface area (Å²) in [5.74, 6) is -2.58. The Hall–Kier alpha value is -2.43. The number of esters is 1. The highest BCUT2D eigenvalue weighted by Crippen LogP contribution is 2.12. The Morgan fingerprint density at radius 3 is 2.41 bits per heavy atom. The van der Waals surface area contributed by atoms with Gasteiger partial charge in [-0.15, -0.1) is 0 Å². The minimum Gasteiger partial charge on any atom is -0.461 e. The molecule has 0 N–H and O–H groups in total. The summed E-state index contributed by atoms with van der Waals surface area (Å²) in [6.07, 6.45) is 3.70. The molecule has 0 aliphatic carbocycles. The van der Waals surface area contributed by atoms with E-state index in [4.69, 9.17) is 4.74 Å². The molecule has 5 nitrogen and oxygen atoms in total. The number of nitrogens with zero attached hydrogens (tertiary/aromatic N) is 1. The summed E-state index contributed by atoms with van der Waals surface area (Å²) in [6, 6.07) is 8.46. The number of carbonyl (C=O) groups is 3. The Bertz CT molecular complexity index is 551. The molecule has 1 rings (SSSR count). The average molecular weight is 303 g/mol. The third-order valence-electron chi connectivity index (χ3n) is 3.20. The van der Waals surface area contributed by atoms with E-state index in [2.05, 4.69) is 0 Å². The predicted octanol–water partition coefficient (Wildman–Crippen LogP) is 2.43. The van der Waals surface area contributed by atoms with Crippen LogP contribution in [0, 0.1) is 5.92 Å². The Labute approximate surface area is 130 Å². The number of carbonyl (C=O) groups excluding carboxylic acids is 3. The van der Waals surface area contributed by atoms with Gasteiger partial charge in [0, 0.05) is 12.6 Å². The Morgan fingerprint density at radius 2 is 1.86 bits per heavy atom. The normalized spacial score (nSPS) is 12.0. The minimum atomic E-state index is -0.970. The van der Waals surface area contributed by atoms with Crippen LogP contribution in [0.3, 0.4) is 0 Å². The van der Waals surface area contributed by atoms with E-state index >= 15 is 0 Å². The second-order valence-corrected chi connectivity index (χ2v) is 4.73. The number of hydrogen-bond acceptors (Lipinski definition) is 4. The summed E-state index contributed by atoms with van der Waals surface area (Å²) in [5, 5.41) is 0. The number of allylic oxidation sites excluding steroid dienone is 1. The van der Waals surface area contributed by atoms with Crippen molar-refractivity contribution in [1.29, 1.82) is 0 Å². The van der Waals surface area contributed by atoms with Gasteiger partial charge in [0.25, 0.3) is 5.91 Å². The minimum absolute atomic E-state index is 0.120. The quantitative estimate of drug-likeness (QED) is 0.460. The molecule has 2 amide bonds. The van der Waals surface area contributed by atoms with Crippen molar-refractivity contribution < 1.29 is 19.1 Å². The first-order chi connectivity index (χ1) is 10.5. The van der Waals surface area contributed by atoms with Gasteiger partial charge in [0.2, 0.25) is 5.91 Å². The van der Waals surface area contributed by atoms with E-state index in [-0.39, 0.29) is 13.0 Å². The Morgan fingerprint density at radius 1 is 1.23 bits per heavy atom. The molecule has 0 saturated carbocycles. The first kappa shape index (κ1) is 17.6. The van der Waals surface area contributed by atoms with Crippen molar-refractivity contribution in [1.82, 2.24) is 4.90 Å². The highest BCUT2D eigenvalue weighted by Gasteiger charge is 2.31. The van der Waals surface area contributed by atoms with Crippen LogP contribution in [0.4, 0.5) is 0 Å². The zero-order valence-electron chi connectivity index (χ0n) is 13.1. The third-order valence-corrected chi connectivity index (χ3v) is 3.20. The van der Waals surface area contributed by atoms with Crippen LogP contribution >= 0.6 is 0 Å². The van der Waals surface area contributed by atoms with Crippen LogP contribution in [0.25, 0.3) is 0 Å².